The van der Waals surface area contributed by atoms with Gasteiger partial charge in [-0.3, -0.25) is 9.89 Å². The number of carbonyl (C=O) groups excluding carboxylic acids is 1. The summed E-state index contributed by atoms with van der Waals surface area (Å²) in [5, 5.41) is 11.4. The summed E-state index contributed by atoms with van der Waals surface area (Å²) in [6.07, 6.45) is 3.15. The predicted octanol–water partition coefficient (Wildman–Crippen LogP) is 6.20. The normalized spacial score (nSPS) is 15.3. The zero-order valence-corrected chi connectivity index (χ0v) is 17.7. The van der Waals surface area contributed by atoms with Crippen LogP contribution in [0.1, 0.15) is 40.4 Å². The molecule has 0 saturated heterocycles. The number of nitrogens with zero attached hydrogens (tertiary/aromatic N) is 1. The maximum Gasteiger partial charge on any atom is 0.251 e. The van der Waals surface area contributed by atoms with E-state index in [1.807, 2.05) is 60.7 Å². The van der Waals surface area contributed by atoms with Crippen molar-refractivity contribution in [3.8, 4) is 22.5 Å². The van der Waals surface area contributed by atoms with Crippen LogP contribution in [0.15, 0.2) is 78.9 Å². The number of benzene rings is 3. The first-order chi connectivity index (χ1) is 15.2. The second-order valence-electron chi connectivity index (χ2n) is 7.87. The number of aromatic amines is 1. The Morgan fingerprint density at radius 1 is 0.968 bits per heavy atom. The lowest BCUT2D eigenvalue weighted by Crippen LogP contribution is -2.30. The lowest BCUT2D eigenvalue weighted by molar-refractivity contribution is 0.0933. The Hall–Kier alpha value is -3.37. The molecule has 5 heteroatoms. The first-order valence-electron chi connectivity index (χ1n) is 10.5. The third-order valence-electron chi connectivity index (χ3n) is 5.85. The number of amides is 1. The van der Waals surface area contributed by atoms with Crippen LogP contribution in [0.5, 0.6) is 0 Å². The number of aryl methyl sites for hydroxylation is 1. The summed E-state index contributed by atoms with van der Waals surface area (Å²) in [6.45, 7) is 0. The number of carbonyl (C=O) groups is 1. The number of rotatable bonds is 4. The minimum atomic E-state index is -0.0443. The third-order valence-corrected chi connectivity index (χ3v) is 6.10. The molecule has 0 bridgehead atoms. The summed E-state index contributed by atoms with van der Waals surface area (Å²) in [7, 11) is 0. The monoisotopic (exact) mass is 427 g/mol. The highest BCUT2D eigenvalue weighted by Crippen LogP contribution is 2.30. The molecule has 31 heavy (non-hydrogen) atoms. The maximum absolute atomic E-state index is 12.8. The highest BCUT2D eigenvalue weighted by Gasteiger charge is 2.21. The molecule has 1 heterocycles. The molecule has 154 valence electrons. The Balaban J connectivity index is 1.30. The lowest BCUT2D eigenvalue weighted by atomic mass is 9.87. The zero-order valence-electron chi connectivity index (χ0n) is 16.9. The number of hydrogen-bond acceptors (Lipinski definition) is 2. The summed E-state index contributed by atoms with van der Waals surface area (Å²) < 4.78 is 0. The van der Waals surface area contributed by atoms with Crippen molar-refractivity contribution in [3.63, 3.8) is 0 Å². The molecule has 0 saturated carbocycles. The van der Waals surface area contributed by atoms with Crippen molar-refractivity contribution in [3.05, 3.63) is 101 Å². The standard InChI is InChI=1S/C26H22ClN3O/c27-21-14-12-19(13-15-21)25-16-24(29-30-25)18-8-10-20(11-9-18)26(31)28-23-7-3-5-17-4-1-2-6-22(17)23/h1-2,4,6,8-16,23H,3,5,7H2,(H,28,31)(H,29,30)/t23-/m0/s1. The molecule has 1 aliphatic carbocycles. The van der Waals surface area contributed by atoms with E-state index in [0.717, 1.165) is 41.8 Å². The van der Waals surface area contributed by atoms with Crippen molar-refractivity contribution in [2.75, 3.05) is 0 Å². The molecule has 1 amide bonds. The zero-order chi connectivity index (χ0) is 21.2. The molecule has 0 radical (unpaired) electrons. The van der Waals surface area contributed by atoms with Crippen LogP contribution in [-0.4, -0.2) is 16.1 Å². The molecule has 3 aromatic carbocycles. The van der Waals surface area contributed by atoms with E-state index in [-0.39, 0.29) is 11.9 Å². The van der Waals surface area contributed by atoms with Gasteiger partial charge in [-0.15, -0.1) is 0 Å². The minimum absolute atomic E-state index is 0.0443. The molecule has 5 rings (SSSR count). The SMILES string of the molecule is O=C(N[C@H]1CCCc2ccccc21)c1ccc(-c2cc(-c3ccc(Cl)cc3)[nH]n2)cc1. The van der Waals surface area contributed by atoms with Gasteiger partial charge in [0.1, 0.15) is 0 Å². The summed E-state index contributed by atoms with van der Waals surface area (Å²) in [6, 6.07) is 25.7. The smallest absolute Gasteiger partial charge is 0.251 e. The Morgan fingerprint density at radius 3 is 2.52 bits per heavy atom. The van der Waals surface area contributed by atoms with Crippen molar-refractivity contribution >= 4 is 17.5 Å². The van der Waals surface area contributed by atoms with E-state index >= 15 is 0 Å². The van der Waals surface area contributed by atoms with E-state index in [1.165, 1.54) is 11.1 Å². The van der Waals surface area contributed by atoms with Crippen LogP contribution < -0.4 is 5.32 Å². The summed E-state index contributed by atoms with van der Waals surface area (Å²) >= 11 is 5.97. The van der Waals surface area contributed by atoms with Crippen LogP contribution in [0.4, 0.5) is 0 Å². The van der Waals surface area contributed by atoms with Crippen LogP contribution in [0.3, 0.4) is 0 Å². The Bertz CT molecular complexity index is 1210. The molecular formula is C26H22ClN3O. The number of aromatic nitrogens is 2. The number of hydrogen-bond donors (Lipinski definition) is 2. The summed E-state index contributed by atoms with van der Waals surface area (Å²) in [5.74, 6) is -0.0443. The van der Waals surface area contributed by atoms with Gasteiger partial charge in [0.15, 0.2) is 0 Å². The van der Waals surface area contributed by atoms with Crippen LogP contribution in [-0.2, 0) is 6.42 Å². The Labute approximate surface area is 186 Å². The van der Waals surface area contributed by atoms with Gasteiger partial charge in [0.25, 0.3) is 5.91 Å². The van der Waals surface area contributed by atoms with Gasteiger partial charge in [-0.1, -0.05) is 60.1 Å². The quantitative estimate of drug-likeness (QED) is 0.407. The highest BCUT2D eigenvalue weighted by molar-refractivity contribution is 6.30. The fraction of sp³-hybridized carbons (Fsp3) is 0.154. The van der Waals surface area contributed by atoms with Crippen LogP contribution >= 0.6 is 11.6 Å². The largest absolute Gasteiger partial charge is 0.345 e. The second-order valence-corrected chi connectivity index (χ2v) is 8.30. The molecule has 0 spiro atoms. The van der Waals surface area contributed by atoms with Gasteiger partial charge in [-0.2, -0.15) is 5.10 Å². The Morgan fingerprint density at radius 2 is 1.71 bits per heavy atom. The van der Waals surface area contributed by atoms with Gasteiger partial charge in [0.2, 0.25) is 0 Å². The Kier molecular flexibility index (Phi) is 5.31. The number of fused-ring (bicyclic) bond motifs is 1. The third kappa shape index (κ3) is 4.12. The molecule has 2 N–H and O–H groups in total. The van der Waals surface area contributed by atoms with Gasteiger partial charge in [-0.25, -0.2) is 0 Å². The van der Waals surface area contributed by atoms with E-state index in [9.17, 15) is 4.79 Å². The first-order valence-corrected chi connectivity index (χ1v) is 10.9. The highest BCUT2D eigenvalue weighted by atomic mass is 35.5. The molecule has 0 unspecified atom stereocenters. The van der Waals surface area contributed by atoms with E-state index in [0.29, 0.717) is 10.6 Å². The van der Waals surface area contributed by atoms with Crippen molar-refractivity contribution in [1.29, 1.82) is 0 Å². The van der Waals surface area contributed by atoms with E-state index in [2.05, 4.69) is 33.7 Å². The molecule has 4 aromatic rings. The molecule has 1 aliphatic rings. The summed E-state index contributed by atoms with van der Waals surface area (Å²) in [4.78, 5) is 12.8. The van der Waals surface area contributed by atoms with Crippen LogP contribution in [0.25, 0.3) is 22.5 Å². The fourth-order valence-electron chi connectivity index (χ4n) is 4.18. The predicted molar refractivity (Wildman–Crippen MR) is 124 cm³/mol. The molecule has 1 atom stereocenters. The minimum Gasteiger partial charge on any atom is -0.345 e. The topological polar surface area (TPSA) is 57.8 Å². The first kappa shape index (κ1) is 19.6. The van der Waals surface area contributed by atoms with Gasteiger partial charge >= 0.3 is 0 Å². The summed E-state index contributed by atoms with van der Waals surface area (Å²) in [5.41, 5.74) is 6.96. The maximum atomic E-state index is 12.8. The number of H-pyrrole nitrogens is 1. The van der Waals surface area contributed by atoms with Crippen molar-refractivity contribution < 1.29 is 4.79 Å². The van der Waals surface area contributed by atoms with Crippen LogP contribution in [0.2, 0.25) is 5.02 Å². The second kappa shape index (κ2) is 8.40. The molecule has 1 aromatic heterocycles. The van der Waals surface area contributed by atoms with E-state index in [4.69, 9.17) is 11.6 Å². The molecular weight excluding hydrogens is 406 g/mol. The number of halogens is 1. The van der Waals surface area contributed by atoms with Gasteiger partial charge in [-0.05, 0) is 66.3 Å². The van der Waals surface area contributed by atoms with E-state index < -0.39 is 0 Å². The van der Waals surface area contributed by atoms with Crippen molar-refractivity contribution in [1.82, 2.24) is 15.5 Å². The average Bonchev–Trinajstić information content (AvgIpc) is 3.30. The van der Waals surface area contributed by atoms with Crippen molar-refractivity contribution in [2.24, 2.45) is 0 Å². The molecule has 4 nitrogen and oxygen atoms in total. The van der Waals surface area contributed by atoms with Crippen molar-refractivity contribution in [2.45, 2.75) is 25.3 Å². The van der Waals surface area contributed by atoms with E-state index in [1.54, 1.807) is 0 Å². The fourth-order valence-corrected chi connectivity index (χ4v) is 4.31. The van der Waals surface area contributed by atoms with Gasteiger partial charge in [0.05, 0.1) is 17.4 Å². The average molecular weight is 428 g/mol. The van der Waals surface area contributed by atoms with Gasteiger partial charge in [0, 0.05) is 16.1 Å². The molecule has 0 aliphatic heterocycles. The molecule has 0 fully saturated rings. The van der Waals surface area contributed by atoms with Gasteiger partial charge < -0.3 is 5.32 Å². The van der Waals surface area contributed by atoms with Crippen LogP contribution in [0, 0.1) is 0 Å². The number of nitrogens with one attached hydrogen (secondary N) is 2. The lowest BCUT2D eigenvalue weighted by Gasteiger charge is -2.26.